The topological polar surface area (TPSA) is 67.4 Å². The van der Waals surface area contributed by atoms with Crippen molar-refractivity contribution in [2.45, 2.75) is 0 Å². The summed E-state index contributed by atoms with van der Waals surface area (Å²) in [5.41, 5.74) is 4.52. The van der Waals surface area contributed by atoms with Crippen LogP contribution in [0.4, 0.5) is 4.39 Å². The first-order valence-corrected chi connectivity index (χ1v) is 7.82. The molecule has 0 atom stereocenters. The van der Waals surface area contributed by atoms with Crippen LogP contribution < -0.4 is 15.6 Å². The van der Waals surface area contributed by atoms with Gasteiger partial charge in [-0.3, -0.25) is 20.4 Å². The fraction of sp³-hybridized carbons (Fsp3) is 0. The summed E-state index contributed by atoms with van der Waals surface area (Å²) in [7, 11) is 0. The highest BCUT2D eigenvalue weighted by Crippen LogP contribution is 2.24. The van der Waals surface area contributed by atoms with Gasteiger partial charge in [-0.05, 0) is 36.4 Å². The standard InChI is InChI=1S/C20H15FN2O3/c21-17-12-6-4-10-15(17)19(24)22-23-20(25)16-11-5-7-13-18(16)26-14-8-2-1-3-9-14/h1-13H,(H,22,24)(H,23,25). The Bertz CT molecular complexity index is 929. The lowest BCUT2D eigenvalue weighted by molar-refractivity contribution is 0.0843. The number of hydrazine groups is 1. The van der Waals surface area contributed by atoms with Crippen LogP contribution in [0.15, 0.2) is 78.9 Å². The number of amides is 2. The van der Waals surface area contributed by atoms with Crippen LogP contribution in [-0.4, -0.2) is 11.8 Å². The van der Waals surface area contributed by atoms with Crippen LogP contribution in [0.3, 0.4) is 0 Å². The zero-order chi connectivity index (χ0) is 18.4. The summed E-state index contributed by atoms with van der Waals surface area (Å²) in [5, 5.41) is 0. The van der Waals surface area contributed by atoms with Crippen molar-refractivity contribution < 1.29 is 18.7 Å². The summed E-state index contributed by atoms with van der Waals surface area (Å²) in [4.78, 5) is 24.4. The highest BCUT2D eigenvalue weighted by molar-refractivity contribution is 6.00. The minimum absolute atomic E-state index is 0.165. The van der Waals surface area contributed by atoms with Gasteiger partial charge in [0, 0.05) is 0 Å². The minimum atomic E-state index is -0.752. The van der Waals surface area contributed by atoms with Gasteiger partial charge in [0.15, 0.2) is 0 Å². The normalized spacial score (nSPS) is 10.0. The third kappa shape index (κ3) is 4.05. The van der Waals surface area contributed by atoms with E-state index in [9.17, 15) is 14.0 Å². The van der Waals surface area contributed by atoms with Crippen molar-refractivity contribution in [3.8, 4) is 11.5 Å². The third-order valence-corrected chi connectivity index (χ3v) is 3.51. The Morgan fingerprint density at radius 1 is 0.692 bits per heavy atom. The second-order valence-corrected chi connectivity index (χ2v) is 5.30. The Kier molecular flexibility index (Phi) is 5.24. The van der Waals surface area contributed by atoms with Crippen molar-refractivity contribution in [2.75, 3.05) is 0 Å². The van der Waals surface area contributed by atoms with Gasteiger partial charge < -0.3 is 4.74 Å². The summed E-state index contributed by atoms with van der Waals surface area (Å²) in [5.74, 6) is -1.11. The van der Waals surface area contributed by atoms with Crippen LogP contribution in [0.2, 0.25) is 0 Å². The zero-order valence-electron chi connectivity index (χ0n) is 13.6. The lowest BCUT2D eigenvalue weighted by Gasteiger charge is -2.12. The van der Waals surface area contributed by atoms with E-state index in [-0.39, 0.29) is 11.1 Å². The maximum atomic E-state index is 13.6. The third-order valence-electron chi connectivity index (χ3n) is 3.51. The number of nitrogens with one attached hydrogen (secondary N) is 2. The number of para-hydroxylation sites is 2. The molecule has 0 fully saturated rings. The second-order valence-electron chi connectivity index (χ2n) is 5.30. The monoisotopic (exact) mass is 350 g/mol. The zero-order valence-corrected chi connectivity index (χ0v) is 13.6. The van der Waals surface area contributed by atoms with E-state index in [1.165, 1.54) is 24.3 Å². The molecule has 0 aliphatic carbocycles. The number of carbonyl (C=O) groups excluding carboxylic acids is 2. The molecule has 3 aromatic carbocycles. The van der Waals surface area contributed by atoms with Gasteiger partial charge in [-0.25, -0.2) is 4.39 Å². The van der Waals surface area contributed by atoms with Gasteiger partial charge >= 0.3 is 0 Å². The summed E-state index contributed by atoms with van der Waals surface area (Å²) >= 11 is 0. The molecule has 0 radical (unpaired) electrons. The molecular formula is C20H15FN2O3. The largest absolute Gasteiger partial charge is 0.457 e. The Balaban J connectivity index is 1.70. The predicted molar refractivity (Wildman–Crippen MR) is 94.3 cm³/mol. The number of carbonyl (C=O) groups is 2. The first-order valence-electron chi connectivity index (χ1n) is 7.82. The SMILES string of the molecule is O=C(NNC(=O)c1ccccc1Oc1ccccc1)c1ccccc1F. The van der Waals surface area contributed by atoms with E-state index in [1.807, 2.05) is 18.2 Å². The summed E-state index contributed by atoms with van der Waals surface area (Å²) in [6.07, 6.45) is 0. The molecule has 26 heavy (non-hydrogen) atoms. The molecule has 2 N–H and O–H groups in total. The molecule has 0 aliphatic heterocycles. The highest BCUT2D eigenvalue weighted by Gasteiger charge is 2.15. The molecule has 0 bridgehead atoms. The predicted octanol–water partition coefficient (Wildman–Crippen LogP) is 3.69. The molecule has 3 aromatic rings. The maximum Gasteiger partial charge on any atom is 0.273 e. The lowest BCUT2D eigenvalue weighted by Crippen LogP contribution is -2.42. The summed E-state index contributed by atoms with van der Waals surface area (Å²) in [6, 6.07) is 21.1. The molecule has 0 aromatic heterocycles. The van der Waals surface area contributed by atoms with Crippen LogP contribution in [0.25, 0.3) is 0 Å². The Hall–Kier alpha value is -3.67. The number of benzene rings is 3. The molecule has 5 nitrogen and oxygen atoms in total. The molecule has 0 saturated heterocycles. The van der Waals surface area contributed by atoms with E-state index in [1.54, 1.807) is 36.4 Å². The van der Waals surface area contributed by atoms with Crippen LogP contribution in [-0.2, 0) is 0 Å². The molecule has 0 heterocycles. The minimum Gasteiger partial charge on any atom is -0.457 e. The number of halogens is 1. The first kappa shape index (κ1) is 17.2. The first-order chi connectivity index (χ1) is 12.6. The van der Waals surface area contributed by atoms with Gasteiger partial charge in [-0.15, -0.1) is 0 Å². The molecule has 6 heteroatoms. The Labute approximate surface area is 149 Å². The van der Waals surface area contributed by atoms with Crippen molar-refractivity contribution in [3.63, 3.8) is 0 Å². The van der Waals surface area contributed by atoms with Gasteiger partial charge in [0.1, 0.15) is 17.3 Å². The summed E-state index contributed by atoms with van der Waals surface area (Å²) in [6.45, 7) is 0. The van der Waals surface area contributed by atoms with Crippen LogP contribution in [0.1, 0.15) is 20.7 Å². The lowest BCUT2D eigenvalue weighted by atomic mass is 10.2. The maximum absolute atomic E-state index is 13.6. The van der Waals surface area contributed by atoms with E-state index in [4.69, 9.17) is 4.74 Å². The van der Waals surface area contributed by atoms with Gasteiger partial charge in [0.25, 0.3) is 11.8 Å². The quantitative estimate of drug-likeness (QED) is 0.705. The van der Waals surface area contributed by atoms with Gasteiger partial charge in [0.2, 0.25) is 0 Å². The van der Waals surface area contributed by atoms with Crippen LogP contribution in [0.5, 0.6) is 11.5 Å². The average molecular weight is 350 g/mol. The molecule has 0 unspecified atom stereocenters. The molecule has 0 spiro atoms. The molecule has 3 rings (SSSR count). The fourth-order valence-electron chi connectivity index (χ4n) is 2.25. The Morgan fingerprint density at radius 3 is 1.92 bits per heavy atom. The molecular weight excluding hydrogens is 335 g/mol. The number of ether oxygens (including phenoxy) is 1. The van der Waals surface area contributed by atoms with Crippen LogP contribution in [0, 0.1) is 5.82 Å². The van der Waals surface area contributed by atoms with Crippen LogP contribution >= 0.6 is 0 Å². The highest BCUT2D eigenvalue weighted by atomic mass is 19.1. The van der Waals surface area contributed by atoms with Crippen molar-refractivity contribution in [1.82, 2.24) is 10.9 Å². The smallest absolute Gasteiger partial charge is 0.273 e. The summed E-state index contributed by atoms with van der Waals surface area (Å²) < 4.78 is 19.3. The van der Waals surface area contributed by atoms with Crippen molar-refractivity contribution in [1.29, 1.82) is 0 Å². The van der Waals surface area contributed by atoms with Crippen molar-refractivity contribution in [3.05, 3.63) is 95.8 Å². The van der Waals surface area contributed by atoms with E-state index in [0.717, 1.165) is 0 Å². The van der Waals surface area contributed by atoms with Crippen molar-refractivity contribution in [2.24, 2.45) is 0 Å². The molecule has 0 aliphatic rings. The number of hydrogen-bond donors (Lipinski definition) is 2. The molecule has 2 amide bonds. The van der Waals surface area contributed by atoms with E-state index in [0.29, 0.717) is 11.5 Å². The molecule has 130 valence electrons. The number of rotatable bonds is 4. The van der Waals surface area contributed by atoms with Gasteiger partial charge in [-0.2, -0.15) is 0 Å². The van der Waals surface area contributed by atoms with Gasteiger partial charge in [0.05, 0.1) is 11.1 Å². The number of hydrogen-bond acceptors (Lipinski definition) is 3. The molecule has 0 saturated carbocycles. The average Bonchev–Trinajstić information content (AvgIpc) is 2.67. The van der Waals surface area contributed by atoms with Crippen molar-refractivity contribution >= 4 is 11.8 Å². The van der Waals surface area contributed by atoms with Gasteiger partial charge in [-0.1, -0.05) is 42.5 Å². The fourth-order valence-corrected chi connectivity index (χ4v) is 2.25. The van der Waals surface area contributed by atoms with E-state index in [2.05, 4.69) is 10.9 Å². The van der Waals surface area contributed by atoms with E-state index < -0.39 is 17.6 Å². The Morgan fingerprint density at radius 2 is 1.23 bits per heavy atom. The second kappa shape index (κ2) is 7.94. The van der Waals surface area contributed by atoms with E-state index >= 15 is 0 Å².